The Morgan fingerprint density at radius 3 is 2.74 bits per heavy atom. The number of rotatable bonds is 4. The van der Waals surface area contributed by atoms with Crippen LogP contribution in [0, 0.1) is 12.7 Å². The first-order chi connectivity index (χ1) is 9.04. The fourth-order valence-corrected chi connectivity index (χ4v) is 1.80. The van der Waals surface area contributed by atoms with E-state index in [2.05, 4.69) is 4.98 Å². The number of benzene rings is 1. The minimum Gasteiger partial charge on any atom is -0.455 e. The van der Waals surface area contributed by atoms with Gasteiger partial charge in [-0.2, -0.15) is 0 Å². The predicted octanol–water partition coefficient (Wildman–Crippen LogP) is 3.21. The van der Waals surface area contributed by atoms with E-state index in [4.69, 9.17) is 10.5 Å². The van der Waals surface area contributed by atoms with Gasteiger partial charge in [-0.15, -0.1) is 0 Å². The molecule has 2 rings (SSSR count). The van der Waals surface area contributed by atoms with Crippen molar-refractivity contribution in [3.63, 3.8) is 0 Å². The molecular weight excluding hydrogens is 243 g/mol. The summed E-state index contributed by atoms with van der Waals surface area (Å²) in [5, 5.41) is 0. The zero-order valence-corrected chi connectivity index (χ0v) is 11.1. The Morgan fingerprint density at radius 2 is 2.11 bits per heavy atom. The first-order valence-electron chi connectivity index (χ1n) is 6.19. The van der Waals surface area contributed by atoms with Crippen LogP contribution in [-0.2, 0) is 6.42 Å². The largest absolute Gasteiger partial charge is 0.455 e. The maximum absolute atomic E-state index is 13.3. The second kappa shape index (κ2) is 5.80. The van der Waals surface area contributed by atoms with Gasteiger partial charge < -0.3 is 10.5 Å². The third-order valence-corrected chi connectivity index (χ3v) is 2.68. The van der Waals surface area contributed by atoms with Gasteiger partial charge in [0.2, 0.25) is 0 Å². The molecule has 0 saturated heterocycles. The lowest BCUT2D eigenvalue weighted by Crippen LogP contribution is -2.18. The van der Waals surface area contributed by atoms with Crippen LogP contribution in [0.1, 0.15) is 18.2 Å². The van der Waals surface area contributed by atoms with E-state index in [1.165, 1.54) is 12.1 Å². The van der Waals surface area contributed by atoms with Gasteiger partial charge in [-0.3, -0.25) is 4.98 Å². The van der Waals surface area contributed by atoms with Gasteiger partial charge in [0.1, 0.15) is 17.3 Å². The van der Waals surface area contributed by atoms with Crippen LogP contribution in [0.5, 0.6) is 11.5 Å². The zero-order valence-electron chi connectivity index (χ0n) is 11.1. The Morgan fingerprint density at radius 1 is 1.32 bits per heavy atom. The van der Waals surface area contributed by atoms with Crippen molar-refractivity contribution in [1.29, 1.82) is 0 Å². The summed E-state index contributed by atoms with van der Waals surface area (Å²) < 4.78 is 19.0. The monoisotopic (exact) mass is 260 g/mol. The summed E-state index contributed by atoms with van der Waals surface area (Å²) in [5.74, 6) is 0.956. The Hall–Kier alpha value is -1.94. The molecule has 2 N–H and O–H groups in total. The first kappa shape index (κ1) is 13.5. The third-order valence-electron chi connectivity index (χ3n) is 2.68. The lowest BCUT2D eigenvalue weighted by Gasteiger charge is -2.13. The van der Waals surface area contributed by atoms with E-state index >= 15 is 0 Å². The van der Waals surface area contributed by atoms with E-state index in [0.29, 0.717) is 17.9 Å². The van der Waals surface area contributed by atoms with Crippen molar-refractivity contribution in [3.05, 3.63) is 53.6 Å². The molecule has 19 heavy (non-hydrogen) atoms. The van der Waals surface area contributed by atoms with E-state index in [0.717, 1.165) is 11.3 Å². The molecule has 0 fully saturated rings. The molecule has 0 spiro atoms. The standard InChI is InChI=1S/C15H17FN2O/c1-10(17)7-12-8-13(16)4-6-15(12)19-14-5-3-11(2)18-9-14/h3-6,8-10H,7,17H2,1-2H3. The van der Waals surface area contributed by atoms with Crippen LogP contribution in [0.3, 0.4) is 0 Å². The van der Waals surface area contributed by atoms with E-state index in [1.54, 1.807) is 12.3 Å². The maximum Gasteiger partial charge on any atom is 0.145 e. The first-order valence-corrected chi connectivity index (χ1v) is 6.19. The zero-order chi connectivity index (χ0) is 13.8. The molecule has 0 bridgehead atoms. The summed E-state index contributed by atoms with van der Waals surface area (Å²) in [6.07, 6.45) is 2.21. The summed E-state index contributed by atoms with van der Waals surface area (Å²) in [4.78, 5) is 4.16. The van der Waals surface area contributed by atoms with Gasteiger partial charge in [0.25, 0.3) is 0 Å². The lowest BCUT2D eigenvalue weighted by atomic mass is 10.1. The van der Waals surface area contributed by atoms with Crippen molar-refractivity contribution in [2.24, 2.45) is 5.73 Å². The van der Waals surface area contributed by atoms with Gasteiger partial charge in [-0.05, 0) is 56.2 Å². The van der Waals surface area contributed by atoms with E-state index in [-0.39, 0.29) is 11.9 Å². The molecule has 4 heteroatoms. The molecule has 0 saturated carbocycles. The highest BCUT2D eigenvalue weighted by Gasteiger charge is 2.09. The van der Waals surface area contributed by atoms with Crippen LogP contribution >= 0.6 is 0 Å². The van der Waals surface area contributed by atoms with Crippen LogP contribution in [-0.4, -0.2) is 11.0 Å². The second-order valence-electron chi connectivity index (χ2n) is 4.67. The highest BCUT2D eigenvalue weighted by molar-refractivity contribution is 5.38. The smallest absolute Gasteiger partial charge is 0.145 e. The Labute approximate surface area is 112 Å². The Kier molecular flexibility index (Phi) is 4.12. The van der Waals surface area contributed by atoms with E-state index in [9.17, 15) is 4.39 Å². The van der Waals surface area contributed by atoms with E-state index in [1.807, 2.05) is 26.0 Å². The van der Waals surface area contributed by atoms with Gasteiger partial charge in [-0.25, -0.2) is 4.39 Å². The summed E-state index contributed by atoms with van der Waals surface area (Å²) in [6, 6.07) is 8.10. The number of aromatic nitrogens is 1. The van der Waals surface area contributed by atoms with Crippen molar-refractivity contribution < 1.29 is 9.13 Å². The van der Waals surface area contributed by atoms with Gasteiger partial charge >= 0.3 is 0 Å². The Balaban J connectivity index is 2.26. The minimum atomic E-state index is -0.287. The molecule has 0 aliphatic rings. The van der Waals surface area contributed by atoms with Gasteiger partial charge in [-0.1, -0.05) is 0 Å². The van der Waals surface area contributed by atoms with Crippen molar-refractivity contribution in [1.82, 2.24) is 4.98 Å². The van der Waals surface area contributed by atoms with Crippen molar-refractivity contribution in [2.75, 3.05) is 0 Å². The summed E-state index contributed by atoms with van der Waals surface area (Å²) >= 11 is 0. The molecule has 1 heterocycles. The number of nitrogens with zero attached hydrogens (tertiary/aromatic N) is 1. The molecule has 0 aliphatic heterocycles. The average Bonchev–Trinajstić information content (AvgIpc) is 2.34. The fourth-order valence-electron chi connectivity index (χ4n) is 1.80. The topological polar surface area (TPSA) is 48.1 Å². The van der Waals surface area contributed by atoms with Crippen molar-refractivity contribution in [3.8, 4) is 11.5 Å². The van der Waals surface area contributed by atoms with Crippen LogP contribution in [0.4, 0.5) is 4.39 Å². The van der Waals surface area contributed by atoms with Crippen LogP contribution < -0.4 is 10.5 Å². The molecule has 0 amide bonds. The summed E-state index contributed by atoms with van der Waals surface area (Å²) in [5.41, 5.74) is 7.44. The highest BCUT2D eigenvalue weighted by Crippen LogP contribution is 2.26. The summed E-state index contributed by atoms with van der Waals surface area (Å²) in [7, 11) is 0. The van der Waals surface area contributed by atoms with Crippen molar-refractivity contribution in [2.45, 2.75) is 26.3 Å². The van der Waals surface area contributed by atoms with Gasteiger partial charge in [0.15, 0.2) is 0 Å². The van der Waals surface area contributed by atoms with Crippen molar-refractivity contribution >= 4 is 0 Å². The highest BCUT2D eigenvalue weighted by atomic mass is 19.1. The number of aryl methyl sites for hydroxylation is 1. The molecule has 2 aromatic rings. The van der Waals surface area contributed by atoms with E-state index < -0.39 is 0 Å². The van der Waals surface area contributed by atoms with Crippen LogP contribution in [0.25, 0.3) is 0 Å². The minimum absolute atomic E-state index is 0.0553. The van der Waals surface area contributed by atoms with Crippen LogP contribution in [0.2, 0.25) is 0 Å². The average molecular weight is 260 g/mol. The number of hydrogen-bond acceptors (Lipinski definition) is 3. The molecule has 1 aromatic carbocycles. The normalized spacial score (nSPS) is 12.2. The molecule has 0 aliphatic carbocycles. The SMILES string of the molecule is Cc1ccc(Oc2ccc(F)cc2CC(C)N)cn1. The third kappa shape index (κ3) is 3.76. The quantitative estimate of drug-likeness (QED) is 0.918. The second-order valence-corrected chi connectivity index (χ2v) is 4.67. The maximum atomic E-state index is 13.3. The molecule has 0 radical (unpaired) electrons. The molecule has 3 nitrogen and oxygen atoms in total. The van der Waals surface area contributed by atoms with Gasteiger partial charge in [0.05, 0.1) is 6.20 Å². The Bertz CT molecular complexity index is 553. The number of pyridine rings is 1. The van der Waals surface area contributed by atoms with Crippen LogP contribution in [0.15, 0.2) is 36.5 Å². The molecule has 1 atom stereocenters. The lowest BCUT2D eigenvalue weighted by molar-refractivity contribution is 0.468. The number of nitrogens with two attached hydrogens (primary N) is 1. The number of halogens is 1. The van der Waals surface area contributed by atoms with Gasteiger partial charge in [0, 0.05) is 11.7 Å². The summed E-state index contributed by atoms with van der Waals surface area (Å²) in [6.45, 7) is 3.78. The molecule has 100 valence electrons. The number of hydrogen-bond donors (Lipinski definition) is 1. The molecular formula is C15H17FN2O. The predicted molar refractivity (Wildman–Crippen MR) is 72.8 cm³/mol. The fraction of sp³-hybridized carbons (Fsp3) is 0.267. The molecule has 1 aromatic heterocycles. The number of ether oxygens (including phenoxy) is 1. The molecule has 1 unspecified atom stereocenters.